The highest BCUT2D eigenvalue weighted by molar-refractivity contribution is 6.31. The van der Waals surface area contributed by atoms with Gasteiger partial charge in [0.05, 0.1) is 36.0 Å². The van der Waals surface area contributed by atoms with E-state index in [0.717, 1.165) is 0 Å². The molecule has 12 nitrogen and oxygen atoms in total. The molecule has 12 heteroatoms. The van der Waals surface area contributed by atoms with Gasteiger partial charge < -0.3 is 45.5 Å². The third kappa shape index (κ3) is 4.87. The van der Waals surface area contributed by atoms with Gasteiger partial charge in [0.2, 0.25) is 5.78 Å². The number of fused-ring (bicyclic) bond motifs is 3. The monoisotopic (exact) mass is 559 g/mol. The molecule has 0 saturated heterocycles. The van der Waals surface area contributed by atoms with E-state index in [-0.39, 0.29) is 41.0 Å². The average molecular weight is 560 g/mol. The number of ketones is 3. The van der Waals surface area contributed by atoms with E-state index in [1.54, 1.807) is 6.92 Å². The minimum Gasteiger partial charge on any atom is -0.507 e. The van der Waals surface area contributed by atoms with Crippen LogP contribution in [0.4, 0.5) is 0 Å². The number of nitrogens with two attached hydrogens (primary N) is 1. The lowest BCUT2D eigenvalue weighted by molar-refractivity contribution is -0.194. The predicted octanol–water partition coefficient (Wildman–Crippen LogP) is 0.639. The largest absolute Gasteiger partial charge is 0.507 e. The summed E-state index contributed by atoms with van der Waals surface area (Å²) in [5.74, 6) is -3.81. The summed E-state index contributed by atoms with van der Waals surface area (Å²) in [5.41, 5.74) is 2.31. The summed E-state index contributed by atoms with van der Waals surface area (Å²) in [5, 5.41) is 53.6. The summed E-state index contributed by atoms with van der Waals surface area (Å²) >= 11 is 0. The highest BCUT2D eigenvalue weighted by atomic mass is 16.7. The van der Waals surface area contributed by atoms with E-state index in [4.69, 9.17) is 19.9 Å². The molecule has 0 fully saturated rings. The van der Waals surface area contributed by atoms with Gasteiger partial charge in [-0.05, 0) is 19.9 Å². The number of phenolic OH excluding ortho intramolecular Hbond substituents is 2. The lowest BCUT2D eigenvalue weighted by Gasteiger charge is -2.40. The molecule has 5 atom stereocenters. The van der Waals surface area contributed by atoms with Crippen molar-refractivity contribution in [2.75, 3.05) is 20.3 Å². The molecule has 2 unspecified atom stereocenters. The first kappa shape index (κ1) is 29.6. The maximum atomic E-state index is 13.7. The molecule has 0 radical (unpaired) electrons. The Morgan fingerprint density at radius 2 is 1.82 bits per heavy atom. The molecule has 7 N–H and O–H groups in total. The standard InChI is InChI=1S/C28H33NO11/c1-4-39-19(8-15(29)12(2)31)40-17-10-28(37,18(32)11-30)9-14-21(17)27(36)23-22(25(14)34)24(33)13-6-5-7-16(38-3)20(13)26(23)35/h5-7,12,15,17,19,30-31,34,36-37H,4,8-11,29H2,1-3H3/t12?,15-,17+,19?,28+/m1/s1. The zero-order chi connectivity index (χ0) is 29.5. The van der Waals surface area contributed by atoms with Gasteiger partial charge in [-0.1, -0.05) is 12.1 Å². The second kappa shape index (κ2) is 11.2. The number of rotatable bonds is 10. The summed E-state index contributed by atoms with van der Waals surface area (Å²) in [7, 11) is 1.32. The van der Waals surface area contributed by atoms with Gasteiger partial charge in [-0.25, -0.2) is 0 Å². The first-order valence-electron chi connectivity index (χ1n) is 12.8. The van der Waals surface area contributed by atoms with Crippen LogP contribution in [0.5, 0.6) is 17.2 Å². The smallest absolute Gasteiger partial charge is 0.202 e. The number of carbonyl (C=O) groups is 3. The molecule has 0 spiro atoms. The van der Waals surface area contributed by atoms with Crippen molar-refractivity contribution in [3.8, 4) is 17.2 Å². The fourth-order valence-corrected chi connectivity index (χ4v) is 5.35. The van der Waals surface area contributed by atoms with Crippen molar-refractivity contribution in [2.24, 2.45) is 5.73 Å². The number of aromatic hydroxyl groups is 2. The van der Waals surface area contributed by atoms with Crippen molar-refractivity contribution in [2.45, 2.75) is 63.3 Å². The maximum absolute atomic E-state index is 13.7. The molecule has 2 aromatic rings. The van der Waals surface area contributed by atoms with Gasteiger partial charge >= 0.3 is 0 Å². The third-order valence-corrected chi connectivity index (χ3v) is 7.49. The summed E-state index contributed by atoms with van der Waals surface area (Å²) in [6, 6.07) is 3.57. The molecular weight excluding hydrogens is 526 g/mol. The Kier molecular flexibility index (Phi) is 8.31. The SMILES string of the molecule is CCOC(C[C@@H](N)C(C)O)O[C@H]1C[C@](O)(C(=O)CO)Cc2c(O)c3c(c(O)c21)C(=O)c1c(OC)cccc1C3=O. The van der Waals surface area contributed by atoms with Crippen molar-refractivity contribution in [3.05, 3.63) is 51.6 Å². The fraction of sp³-hybridized carbons (Fsp3) is 0.464. The van der Waals surface area contributed by atoms with Gasteiger partial charge in [-0.2, -0.15) is 0 Å². The van der Waals surface area contributed by atoms with Crippen LogP contribution in [0.15, 0.2) is 18.2 Å². The number of phenols is 2. The highest BCUT2D eigenvalue weighted by Gasteiger charge is 2.49. The van der Waals surface area contributed by atoms with Gasteiger partial charge in [0.15, 0.2) is 17.9 Å². The minimum absolute atomic E-state index is 0.0244. The van der Waals surface area contributed by atoms with Crippen LogP contribution in [0.25, 0.3) is 0 Å². The summed E-state index contributed by atoms with van der Waals surface area (Å²) in [4.78, 5) is 39.8. The summed E-state index contributed by atoms with van der Waals surface area (Å²) in [6.07, 6.45) is -4.48. The number of aliphatic hydroxyl groups excluding tert-OH is 2. The van der Waals surface area contributed by atoms with E-state index in [9.17, 15) is 39.9 Å². The van der Waals surface area contributed by atoms with Gasteiger partial charge in [0, 0.05) is 48.6 Å². The summed E-state index contributed by atoms with van der Waals surface area (Å²) < 4.78 is 17.0. The lowest BCUT2D eigenvalue weighted by Crippen LogP contribution is -2.48. The number of Topliss-reactive ketones (excluding diaryl/α,β-unsaturated/α-hetero) is 1. The lowest BCUT2D eigenvalue weighted by atomic mass is 9.72. The number of benzene rings is 2. The second-order valence-electron chi connectivity index (χ2n) is 10.0. The zero-order valence-corrected chi connectivity index (χ0v) is 22.3. The van der Waals surface area contributed by atoms with Crippen LogP contribution in [0.3, 0.4) is 0 Å². The van der Waals surface area contributed by atoms with Gasteiger partial charge in [0.25, 0.3) is 0 Å². The molecule has 40 heavy (non-hydrogen) atoms. The zero-order valence-electron chi connectivity index (χ0n) is 22.3. The van der Waals surface area contributed by atoms with Crippen LogP contribution >= 0.6 is 0 Å². The van der Waals surface area contributed by atoms with E-state index in [2.05, 4.69) is 0 Å². The van der Waals surface area contributed by atoms with Crippen LogP contribution in [0.2, 0.25) is 0 Å². The van der Waals surface area contributed by atoms with Crippen LogP contribution in [-0.4, -0.2) is 87.2 Å². The quantitative estimate of drug-likeness (QED) is 0.149. The Morgan fingerprint density at radius 1 is 1.15 bits per heavy atom. The van der Waals surface area contributed by atoms with Crippen molar-refractivity contribution >= 4 is 17.3 Å². The minimum atomic E-state index is -2.25. The molecule has 0 aromatic heterocycles. The van der Waals surface area contributed by atoms with Crippen LogP contribution in [0, 0.1) is 0 Å². The first-order valence-corrected chi connectivity index (χ1v) is 12.8. The Bertz CT molecular complexity index is 1350. The van der Waals surface area contributed by atoms with E-state index in [1.165, 1.54) is 32.2 Å². The van der Waals surface area contributed by atoms with Crippen LogP contribution in [0.1, 0.15) is 75.8 Å². The molecular formula is C28H33NO11. The number of aliphatic hydroxyl groups is 3. The van der Waals surface area contributed by atoms with Crippen molar-refractivity contribution in [1.29, 1.82) is 0 Å². The Hall–Kier alpha value is -3.39. The van der Waals surface area contributed by atoms with Crippen molar-refractivity contribution < 1.29 is 54.1 Å². The number of hydrogen-bond donors (Lipinski definition) is 6. The maximum Gasteiger partial charge on any atom is 0.202 e. The number of methoxy groups -OCH3 is 1. The molecule has 0 heterocycles. The van der Waals surface area contributed by atoms with Crippen LogP contribution < -0.4 is 10.5 Å². The van der Waals surface area contributed by atoms with Gasteiger partial charge in [-0.15, -0.1) is 0 Å². The second-order valence-corrected chi connectivity index (χ2v) is 10.0. The topological polar surface area (TPSA) is 206 Å². The number of hydrogen-bond acceptors (Lipinski definition) is 12. The molecule has 0 saturated carbocycles. The molecule has 2 aliphatic rings. The molecule has 2 aliphatic carbocycles. The number of ether oxygens (including phenoxy) is 3. The Morgan fingerprint density at radius 3 is 2.42 bits per heavy atom. The van der Waals surface area contributed by atoms with E-state index >= 15 is 0 Å². The van der Waals surface area contributed by atoms with Crippen LogP contribution in [-0.2, 0) is 20.7 Å². The molecule has 4 rings (SSSR count). The normalized spacial score (nSPS) is 22.1. The van der Waals surface area contributed by atoms with Crippen molar-refractivity contribution in [3.63, 3.8) is 0 Å². The van der Waals surface area contributed by atoms with Gasteiger partial charge in [0.1, 0.15) is 29.5 Å². The molecule has 0 aliphatic heterocycles. The average Bonchev–Trinajstić information content (AvgIpc) is 2.92. The van der Waals surface area contributed by atoms with Crippen molar-refractivity contribution in [1.82, 2.24) is 0 Å². The third-order valence-electron chi connectivity index (χ3n) is 7.49. The first-order chi connectivity index (χ1) is 18.9. The van der Waals surface area contributed by atoms with E-state index in [0.29, 0.717) is 0 Å². The molecule has 2 aromatic carbocycles. The highest BCUT2D eigenvalue weighted by Crippen LogP contribution is 2.52. The molecule has 0 bridgehead atoms. The predicted molar refractivity (Wildman–Crippen MR) is 139 cm³/mol. The summed E-state index contributed by atoms with van der Waals surface area (Å²) in [6.45, 7) is 2.29. The van der Waals surface area contributed by atoms with Gasteiger partial charge in [-0.3, -0.25) is 14.4 Å². The fourth-order valence-electron chi connectivity index (χ4n) is 5.35. The molecule has 0 amide bonds. The van der Waals surface area contributed by atoms with E-state index in [1.807, 2.05) is 0 Å². The van der Waals surface area contributed by atoms with E-state index < -0.39 is 89.6 Å². The molecule has 216 valence electrons. The number of carbonyl (C=O) groups excluding carboxylic acids is 3. The Balaban J connectivity index is 1.93. The Labute approximate surface area is 229 Å².